The normalized spacial score (nSPS) is 38.2. The van der Waals surface area contributed by atoms with Gasteiger partial charge in [0.15, 0.2) is 0 Å². The minimum absolute atomic E-state index is 0.144. The van der Waals surface area contributed by atoms with Crippen LogP contribution < -0.4 is 0 Å². The summed E-state index contributed by atoms with van der Waals surface area (Å²) < 4.78 is 28.0. The largest absolute Gasteiger partial charge is 0.338 e. The van der Waals surface area contributed by atoms with Gasteiger partial charge in [-0.15, -0.1) is 0 Å². The Morgan fingerprint density at radius 3 is 3.00 bits per heavy atom. The van der Waals surface area contributed by atoms with Crippen LogP contribution in [0.5, 0.6) is 0 Å². The van der Waals surface area contributed by atoms with Crippen LogP contribution in [0.15, 0.2) is 0 Å². The Morgan fingerprint density at radius 2 is 2.30 bits per heavy atom. The van der Waals surface area contributed by atoms with E-state index < -0.39 is 10.3 Å². The molecule has 4 nitrogen and oxygen atoms in total. The highest BCUT2D eigenvalue weighted by Gasteiger charge is 2.41. The van der Waals surface area contributed by atoms with Gasteiger partial charge < -0.3 is 0 Å². The summed E-state index contributed by atoms with van der Waals surface area (Å²) in [5.74, 6) is 0. The van der Waals surface area contributed by atoms with Crippen LogP contribution in [0.4, 0.5) is 0 Å². The van der Waals surface area contributed by atoms with Crippen molar-refractivity contribution in [2.24, 2.45) is 0 Å². The molecule has 0 spiro atoms. The van der Waals surface area contributed by atoms with Crippen molar-refractivity contribution in [3.8, 4) is 0 Å². The standard InChI is InChI=1S/C5H9NO3S/c7-10(8)6-3-1-2-5(6)4-9-10/h5H,1-4H2. The van der Waals surface area contributed by atoms with Crippen LogP contribution in [0.1, 0.15) is 12.8 Å². The fourth-order valence-electron chi connectivity index (χ4n) is 1.50. The molecule has 2 aliphatic rings. The van der Waals surface area contributed by atoms with E-state index in [0.717, 1.165) is 12.8 Å². The molecule has 1 unspecified atom stereocenters. The molecule has 0 amide bonds. The fourth-order valence-corrected chi connectivity index (χ4v) is 2.85. The number of rotatable bonds is 0. The molecule has 2 aliphatic heterocycles. The summed E-state index contributed by atoms with van der Waals surface area (Å²) in [6.07, 6.45) is 1.94. The Labute approximate surface area is 60.0 Å². The summed E-state index contributed by atoms with van der Waals surface area (Å²) >= 11 is 0. The average molecular weight is 163 g/mol. The van der Waals surface area contributed by atoms with Gasteiger partial charge in [0, 0.05) is 6.54 Å². The van der Waals surface area contributed by atoms with E-state index in [2.05, 4.69) is 4.18 Å². The molecule has 0 N–H and O–H groups in total. The van der Waals surface area contributed by atoms with Crippen LogP contribution in [0.3, 0.4) is 0 Å². The van der Waals surface area contributed by atoms with Gasteiger partial charge in [0.2, 0.25) is 0 Å². The highest BCUT2D eigenvalue weighted by atomic mass is 32.2. The van der Waals surface area contributed by atoms with Gasteiger partial charge in [-0.3, -0.25) is 4.18 Å². The van der Waals surface area contributed by atoms with Gasteiger partial charge in [-0.1, -0.05) is 0 Å². The SMILES string of the molecule is O=S1(=O)OCC2CCCN21. The third kappa shape index (κ3) is 0.777. The third-order valence-corrected chi connectivity index (χ3v) is 3.51. The number of hydrogen-bond acceptors (Lipinski definition) is 3. The molecular formula is C5H9NO3S. The first-order valence-electron chi connectivity index (χ1n) is 3.36. The van der Waals surface area contributed by atoms with E-state index in [-0.39, 0.29) is 6.04 Å². The van der Waals surface area contributed by atoms with Crippen LogP contribution in [0.2, 0.25) is 0 Å². The summed E-state index contributed by atoms with van der Waals surface area (Å²) in [4.78, 5) is 0. The lowest BCUT2D eigenvalue weighted by Crippen LogP contribution is -2.27. The van der Waals surface area contributed by atoms with Crippen LogP contribution in [0, 0.1) is 0 Å². The second-order valence-electron chi connectivity index (χ2n) is 2.65. The summed E-state index contributed by atoms with van der Waals surface area (Å²) in [5, 5.41) is 0. The maximum absolute atomic E-state index is 10.9. The van der Waals surface area contributed by atoms with E-state index in [1.54, 1.807) is 0 Å². The van der Waals surface area contributed by atoms with E-state index in [1.165, 1.54) is 4.31 Å². The highest BCUT2D eigenvalue weighted by molar-refractivity contribution is 7.84. The van der Waals surface area contributed by atoms with Crippen molar-refractivity contribution in [1.82, 2.24) is 4.31 Å². The molecule has 2 saturated heterocycles. The number of nitrogens with zero attached hydrogens (tertiary/aromatic N) is 1. The molecule has 0 aromatic carbocycles. The Morgan fingerprint density at radius 1 is 1.50 bits per heavy atom. The molecule has 0 aromatic rings. The van der Waals surface area contributed by atoms with E-state index in [9.17, 15) is 8.42 Å². The van der Waals surface area contributed by atoms with Crippen molar-refractivity contribution in [2.45, 2.75) is 18.9 Å². The van der Waals surface area contributed by atoms with E-state index in [0.29, 0.717) is 13.2 Å². The third-order valence-electron chi connectivity index (χ3n) is 2.02. The van der Waals surface area contributed by atoms with Crippen molar-refractivity contribution in [1.29, 1.82) is 0 Å². The summed E-state index contributed by atoms with van der Waals surface area (Å²) in [6, 6.07) is 0.144. The predicted molar refractivity (Wildman–Crippen MR) is 34.6 cm³/mol. The molecule has 2 rings (SSSR count). The molecule has 0 bridgehead atoms. The molecule has 0 saturated carbocycles. The van der Waals surface area contributed by atoms with Gasteiger partial charge in [-0.25, -0.2) is 0 Å². The quantitative estimate of drug-likeness (QED) is 0.493. The predicted octanol–water partition coefficient (Wildman–Crippen LogP) is -0.274. The van der Waals surface area contributed by atoms with Crippen LogP contribution >= 0.6 is 0 Å². The Bertz CT molecular complexity index is 235. The van der Waals surface area contributed by atoms with Crippen molar-refractivity contribution < 1.29 is 12.6 Å². The first-order valence-corrected chi connectivity index (χ1v) is 4.73. The summed E-state index contributed by atoms with van der Waals surface area (Å²) in [5.41, 5.74) is 0. The number of fused-ring (bicyclic) bond motifs is 1. The fraction of sp³-hybridized carbons (Fsp3) is 1.00. The first-order chi connectivity index (χ1) is 4.70. The smallest absolute Gasteiger partial charge is 0.256 e. The Kier molecular flexibility index (Phi) is 1.27. The van der Waals surface area contributed by atoms with Crippen LogP contribution in [-0.2, 0) is 14.5 Å². The second kappa shape index (κ2) is 1.93. The summed E-state index contributed by atoms with van der Waals surface area (Å²) in [6.45, 7) is 1.01. The van der Waals surface area contributed by atoms with Crippen molar-refractivity contribution in [3.63, 3.8) is 0 Å². The van der Waals surface area contributed by atoms with E-state index in [4.69, 9.17) is 0 Å². The monoisotopic (exact) mass is 163 g/mol. The maximum Gasteiger partial charge on any atom is 0.338 e. The molecule has 2 fully saturated rings. The molecule has 10 heavy (non-hydrogen) atoms. The molecule has 5 heteroatoms. The topological polar surface area (TPSA) is 46.6 Å². The minimum Gasteiger partial charge on any atom is -0.256 e. The van der Waals surface area contributed by atoms with Gasteiger partial charge in [0.1, 0.15) is 0 Å². The molecule has 58 valence electrons. The zero-order valence-corrected chi connectivity index (χ0v) is 6.30. The lowest BCUT2D eigenvalue weighted by molar-refractivity contribution is 0.330. The number of hydrogen-bond donors (Lipinski definition) is 0. The lowest BCUT2D eigenvalue weighted by Gasteiger charge is -2.07. The molecule has 0 aliphatic carbocycles. The molecule has 1 atom stereocenters. The average Bonchev–Trinajstić information content (AvgIpc) is 2.36. The van der Waals surface area contributed by atoms with Crippen LogP contribution in [0.25, 0.3) is 0 Å². The first kappa shape index (κ1) is 6.57. The van der Waals surface area contributed by atoms with Crippen molar-refractivity contribution in [3.05, 3.63) is 0 Å². The zero-order chi connectivity index (χ0) is 7.19. The molecule has 0 aromatic heterocycles. The van der Waals surface area contributed by atoms with Gasteiger partial charge in [0.25, 0.3) is 0 Å². The van der Waals surface area contributed by atoms with Crippen LogP contribution in [-0.4, -0.2) is 31.9 Å². The van der Waals surface area contributed by atoms with E-state index in [1.807, 2.05) is 0 Å². The van der Waals surface area contributed by atoms with Gasteiger partial charge in [0.05, 0.1) is 12.6 Å². The van der Waals surface area contributed by atoms with Crippen molar-refractivity contribution >= 4 is 10.3 Å². The second-order valence-corrected chi connectivity index (χ2v) is 4.21. The minimum atomic E-state index is -3.29. The highest BCUT2D eigenvalue weighted by Crippen LogP contribution is 2.27. The van der Waals surface area contributed by atoms with Gasteiger partial charge in [-0.2, -0.15) is 12.7 Å². The van der Waals surface area contributed by atoms with E-state index >= 15 is 0 Å². The molecular weight excluding hydrogens is 154 g/mol. The zero-order valence-electron chi connectivity index (χ0n) is 5.49. The summed E-state index contributed by atoms with van der Waals surface area (Å²) in [7, 11) is -3.29. The van der Waals surface area contributed by atoms with Gasteiger partial charge >= 0.3 is 10.3 Å². The van der Waals surface area contributed by atoms with Gasteiger partial charge in [-0.05, 0) is 12.8 Å². The Hall–Kier alpha value is -0.130. The Balaban J connectivity index is 2.32. The molecule has 2 heterocycles. The van der Waals surface area contributed by atoms with Crippen molar-refractivity contribution in [2.75, 3.05) is 13.2 Å². The molecule has 0 radical (unpaired) electrons. The maximum atomic E-state index is 10.9. The lowest BCUT2D eigenvalue weighted by atomic mass is 10.2.